The molecule has 5 rings (SSSR count). The Morgan fingerprint density at radius 2 is 2.03 bits per heavy atom. The van der Waals surface area contributed by atoms with Crippen LogP contribution in [-0.2, 0) is 15.1 Å². The highest BCUT2D eigenvalue weighted by atomic mass is 19.1. The SMILES string of the molecule is COCC1CCCN1C(=O)CCC1(c2ccc(F)cc2)c2ccccc2-c2nccn21. The Hall–Kier alpha value is -2.99. The van der Waals surface area contributed by atoms with Gasteiger partial charge < -0.3 is 14.2 Å². The second-order valence-electron chi connectivity index (χ2n) is 8.37. The van der Waals surface area contributed by atoms with Gasteiger partial charge in [-0.15, -0.1) is 0 Å². The van der Waals surface area contributed by atoms with E-state index in [1.165, 1.54) is 12.1 Å². The number of imidazole rings is 1. The van der Waals surface area contributed by atoms with Crippen LogP contribution < -0.4 is 0 Å². The summed E-state index contributed by atoms with van der Waals surface area (Å²) in [5.74, 6) is 0.754. The maximum Gasteiger partial charge on any atom is 0.223 e. The molecular weight excluding hydrogens is 393 g/mol. The van der Waals surface area contributed by atoms with Gasteiger partial charge in [0.15, 0.2) is 0 Å². The number of carbonyl (C=O) groups excluding carboxylic acids is 1. The number of carbonyl (C=O) groups is 1. The van der Waals surface area contributed by atoms with Gasteiger partial charge in [0.2, 0.25) is 5.91 Å². The molecule has 0 saturated carbocycles. The van der Waals surface area contributed by atoms with E-state index in [1.807, 2.05) is 35.4 Å². The fourth-order valence-corrected chi connectivity index (χ4v) is 5.36. The molecule has 5 nitrogen and oxygen atoms in total. The summed E-state index contributed by atoms with van der Waals surface area (Å²) in [6.45, 7) is 1.35. The van der Waals surface area contributed by atoms with Gasteiger partial charge in [0.25, 0.3) is 0 Å². The van der Waals surface area contributed by atoms with Crippen LogP contribution in [0.1, 0.15) is 36.8 Å². The van der Waals surface area contributed by atoms with Crippen LogP contribution in [0.15, 0.2) is 60.9 Å². The molecule has 2 atom stereocenters. The van der Waals surface area contributed by atoms with Gasteiger partial charge in [0.05, 0.1) is 18.2 Å². The van der Waals surface area contributed by atoms with Crippen LogP contribution in [0.3, 0.4) is 0 Å². The molecule has 1 saturated heterocycles. The van der Waals surface area contributed by atoms with Crippen molar-refractivity contribution in [2.24, 2.45) is 0 Å². The predicted octanol–water partition coefficient (Wildman–Crippen LogP) is 4.21. The molecule has 0 aliphatic carbocycles. The summed E-state index contributed by atoms with van der Waals surface area (Å²) < 4.78 is 21.2. The molecule has 1 aromatic heterocycles. The molecule has 3 aromatic rings. The number of amides is 1. The topological polar surface area (TPSA) is 47.4 Å². The number of hydrogen-bond acceptors (Lipinski definition) is 3. The average Bonchev–Trinajstić information content (AvgIpc) is 3.50. The van der Waals surface area contributed by atoms with Crippen LogP contribution in [0.25, 0.3) is 11.4 Å². The Bertz CT molecular complexity index is 1090. The molecule has 3 heterocycles. The maximum atomic E-state index is 13.8. The van der Waals surface area contributed by atoms with E-state index in [0.29, 0.717) is 19.4 Å². The minimum atomic E-state index is -0.595. The highest BCUT2D eigenvalue weighted by Gasteiger charge is 2.45. The van der Waals surface area contributed by atoms with E-state index >= 15 is 0 Å². The molecule has 2 aliphatic rings. The Balaban J connectivity index is 1.54. The maximum absolute atomic E-state index is 13.8. The number of ether oxygens (including phenoxy) is 1. The van der Waals surface area contributed by atoms with E-state index in [-0.39, 0.29) is 17.8 Å². The summed E-state index contributed by atoms with van der Waals surface area (Å²) in [6.07, 6.45) is 6.72. The van der Waals surface area contributed by atoms with Crippen LogP contribution in [0.4, 0.5) is 4.39 Å². The highest BCUT2D eigenvalue weighted by molar-refractivity contribution is 5.78. The molecule has 6 heteroatoms. The van der Waals surface area contributed by atoms with Gasteiger partial charge >= 0.3 is 0 Å². The summed E-state index contributed by atoms with van der Waals surface area (Å²) in [5, 5.41) is 0. The zero-order valence-corrected chi connectivity index (χ0v) is 17.6. The molecule has 0 spiro atoms. The van der Waals surface area contributed by atoms with E-state index in [1.54, 1.807) is 13.3 Å². The summed E-state index contributed by atoms with van der Waals surface area (Å²) in [5.41, 5.74) is 2.53. The zero-order valence-electron chi connectivity index (χ0n) is 17.6. The molecule has 1 fully saturated rings. The smallest absolute Gasteiger partial charge is 0.223 e. The van der Waals surface area contributed by atoms with Crippen molar-refractivity contribution in [3.05, 3.63) is 77.9 Å². The number of benzene rings is 2. The number of halogens is 1. The number of nitrogens with zero attached hydrogens (tertiary/aromatic N) is 3. The quantitative estimate of drug-likeness (QED) is 0.601. The van der Waals surface area contributed by atoms with Crippen LogP contribution in [-0.4, -0.2) is 46.7 Å². The molecule has 0 N–H and O–H groups in total. The van der Waals surface area contributed by atoms with E-state index in [0.717, 1.165) is 41.9 Å². The fraction of sp³-hybridized carbons (Fsp3) is 0.360. The standard InChI is InChI=1S/C25H26FN3O2/c1-31-17-20-5-4-15-28(20)23(30)12-13-25(18-8-10-19(26)11-9-18)22-7-3-2-6-21(22)24-27-14-16-29(24)25/h2-3,6-11,14,16,20H,4-5,12-13,15,17H2,1H3. The number of rotatable bonds is 6. The molecule has 2 aromatic carbocycles. The first-order valence-corrected chi connectivity index (χ1v) is 10.8. The van der Waals surface area contributed by atoms with Crippen molar-refractivity contribution in [3.63, 3.8) is 0 Å². The first kappa shape index (κ1) is 19.9. The van der Waals surface area contributed by atoms with Crippen LogP contribution in [0.5, 0.6) is 0 Å². The normalized spacial score (nSPS) is 21.9. The van der Waals surface area contributed by atoms with Crippen molar-refractivity contribution in [2.45, 2.75) is 37.3 Å². The molecule has 1 amide bonds. The van der Waals surface area contributed by atoms with Crippen molar-refractivity contribution in [2.75, 3.05) is 20.3 Å². The lowest BCUT2D eigenvalue weighted by molar-refractivity contribution is -0.133. The highest BCUT2D eigenvalue weighted by Crippen LogP contribution is 2.49. The van der Waals surface area contributed by atoms with E-state index in [4.69, 9.17) is 4.74 Å². The lowest BCUT2D eigenvalue weighted by Crippen LogP contribution is -2.40. The molecule has 31 heavy (non-hydrogen) atoms. The van der Waals surface area contributed by atoms with Gasteiger partial charge in [-0.2, -0.15) is 0 Å². The fourth-order valence-electron chi connectivity index (χ4n) is 5.36. The van der Waals surface area contributed by atoms with Crippen molar-refractivity contribution >= 4 is 5.91 Å². The summed E-state index contributed by atoms with van der Waals surface area (Å²) in [6, 6.07) is 15.0. The first-order chi connectivity index (χ1) is 15.1. The van der Waals surface area contributed by atoms with Gasteiger partial charge in [-0.05, 0) is 42.5 Å². The van der Waals surface area contributed by atoms with Crippen molar-refractivity contribution in [1.29, 1.82) is 0 Å². The largest absolute Gasteiger partial charge is 0.383 e. The number of likely N-dealkylation sites (tertiary alicyclic amines) is 1. The van der Waals surface area contributed by atoms with Crippen molar-refractivity contribution in [3.8, 4) is 11.4 Å². The van der Waals surface area contributed by atoms with E-state index in [2.05, 4.69) is 21.7 Å². The van der Waals surface area contributed by atoms with Crippen molar-refractivity contribution < 1.29 is 13.9 Å². The third-order valence-corrected chi connectivity index (χ3v) is 6.74. The number of hydrogen-bond donors (Lipinski definition) is 0. The number of aromatic nitrogens is 2. The number of fused-ring (bicyclic) bond motifs is 3. The number of methoxy groups -OCH3 is 1. The summed E-state index contributed by atoms with van der Waals surface area (Å²) in [4.78, 5) is 19.8. The van der Waals surface area contributed by atoms with Gasteiger partial charge in [-0.1, -0.05) is 36.4 Å². The van der Waals surface area contributed by atoms with Crippen molar-refractivity contribution in [1.82, 2.24) is 14.5 Å². The van der Waals surface area contributed by atoms with E-state index < -0.39 is 5.54 Å². The minimum absolute atomic E-state index is 0.145. The average molecular weight is 420 g/mol. The molecule has 0 radical (unpaired) electrons. The van der Waals surface area contributed by atoms with Gasteiger partial charge in [-0.3, -0.25) is 4.79 Å². The van der Waals surface area contributed by atoms with E-state index in [9.17, 15) is 9.18 Å². The zero-order chi connectivity index (χ0) is 21.4. The molecule has 0 bridgehead atoms. The predicted molar refractivity (Wildman–Crippen MR) is 116 cm³/mol. The second-order valence-corrected chi connectivity index (χ2v) is 8.37. The third-order valence-electron chi connectivity index (χ3n) is 6.74. The molecule has 160 valence electrons. The Morgan fingerprint density at radius 3 is 2.84 bits per heavy atom. The molecule has 2 unspecified atom stereocenters. The second kappa shape index (κ2) is 7.93. The van der Waals surface area contributed by atoms with Crippen LogP contribution in [0.2, 0.25) is 0 Å². The third kappa shape index (κ3) is 3.17. The van der Waals surface area contributed by atoms with Gasteiger partial charge in [0, 0.05) is 38.0 Å². The Morgan fingerprint density at radius 1 is 1.23 bits per heavy atom. The van der Waals surface area contributed by atoms with Crippen LogP contribution in [0, 0.1) is 5.82 Å². The monoisotopic (exact) mass is 419 g/mol. The molecule has 2 aliphatic heterocycles. The summed E-state index contributed by atoms with van der Waals surface area (Å²) >= 11 is 0. The Kier molecular flexibility index (Phi) is 5.10. The lowest BCUT2D eigenvalue weighted by Gasteiger charge is -2.34. The van der Waals surface area contributed by atoms with Crippen LogP contribution >= 0.6 is 0 Å². The first-order valence-electron chi connectivity index (χ1n) is 10.8. The minimum Gasteiger partial charge on any atom is -0.383 e. The lowest BCUT2D eigenvalue weighted by atomic mass is 9.79. The van der Waals surface area contributed by atoms with Gasteiger partial charge in [-0.25, -0.2) is 9.37 Å². The summed E-state index contributed by atoms with van der Waals surface area (Å²) in [7, 11) is 1.68. The van der Waals surface area contributed by atoms with Gasteiger partial charge in [0.1, 0.15) is 11.6 Å². The molecular formula is C25H26FN3O2. The Labute approximate surface area is 181 Å².